The van der Waals surface area contributed by atoms with Crippen LogP contribution in [0.5, 0.6) is 0 Å². The Hall–Kier alpha value is -1.54. The molecule has 1 heterocycles. The lowest BCUT2D eigenvalue weighted by molar-refractivity contribution is -0.195. The van der Waals surface area contributed by atoms with Crippen LogP contribution >= 0.6 is 0 Å². The second kappa shape index (κ2) is 13.7. The molecule has 5 aliphatic rings. The maximum Gasteiger partial charge on any atom is 0.320 e. The minimum Gasteiger partial charge on any atom is -0.465 e. The second-order valence-electron chi connectivity index (χ2n) is 15.1. The van der Waals surface area contributed by atoms with Crippen molar-refractivity contribution in [1.82, 2.24) is 0 Å². The third-order valence-electron chi connectivity index (χ3n) is 12.6. The van der Waals surface area contributed by atoms with Crippen molar-refractivity contribution >= 4 is 11.9 Å². The number of halogens is 2. The monoisotopic (exact) mass is 622 g/mol. The molecule has 4 aliphatic carbocycles. The molecular formula is C36H56F2O6. The fourth-order valence-corrected chi connectivity index (χ4v) is 10.5. The number of esters is 2. The Morgan fingerprint density at radius 2 is 1.70 bits per heavy atom. The van der Waals surface area contributed by atoms with E-state index in [9.17, 15) is 9.59 Å². The summed E-state index contributed by atoms with van der Waals surface area (Å²) in [4.78, 5) is 24.8. The van der Waals surface area contributed by atoms with Crippen LogP contribution in [0, 0.1) is 46.3 Å². The van der Waals surface area contributed by atoms with Crippen molar-refractivity contribution in [2.24, 2.45) is 46.3 Å². The van der Waals surface area contributed by atoms with Crippen LogP contribution in [0.25, 0.3) is 0 Å². The summed E-state index contributed by atoms with van der Waals surface area (Å²) in [5.74, 6) is -4.88. The number of carbonyl (C=O) groups excluding carboxylic acids is 2. The molecule has 44 heavy (non-hydrogen) atoms. The summed E-state index contributed by atoms with van der Waals surface area (Å²) in [5.41, 5.74) is 1.80. The zero-order chi connectivity index (χ0) is 31.7. The molecule has 1 aliphatic heterocycles. The van der Waals surface area contributed by atoms with E-state index in [1.165, 1.54) is 6.42 Å². The van der Waals surface area contributed by atoms with Gasteiger partial charge in [0, 0.05) is 19.4 Å². The summed E-state index contributed by atoms with van der Waals surface area (Å²) in [5, 5.41) is 0. The van der Waals surface area contributed by atoms with Gasteiger partial charge >= 0.3 is 11.9 Å². The first-order chi connectivity index (χ1) is 20.9. The SMILES string of the molecule is CCOC(=O)C(CC(F)(F)C[C@@H](C)[C@H]1CC[C@H]2[C@@H]3CC=C4C[C@@H](OC5CCCCO5)CC[C@]4(C)[C@H]3CC[C@]12C)C(=O)OCC. The van der Waals surface area contributed by atoms with Gasteiger partial charge in [-0.25, -0.2) is 8.78 Å². The topological polar surface area (TPSA) is 71.1 Å². The predicted molar refractivity (Wildman–Crippen MR) is 164 cm³/mol. The Labute approximate surface area is 263 Å². The summed E-state index contributed by atoms with van der Waals surface area (Å²) < 4.78 is 53.4. The van der Waals surface area contributed by atoms with Gasteiger partial charge in [0.1, 0.15) is 0 Å². The third-order valence-corrected chi connectivity index (χ3v) is 12.6. The molecule has 0 N–H and O–H groups in total. The van der Waals surface area contributed by atoms with Gasteiger partial charge in [0.2, 0.25) is 5.92 Å². The van der Waals surface area contributed by atoms with Gasteiger partial charge in [-0.2, -0.15) is 0 Å². The molecule has 0 aromatic rings. The van der Waals surface area contributed by atoms with Crippen LogP contribution < -0.4 is 0 Å². The average Bonchev–Trinajstić information content (AvgIpc) is 3.34. The van der Waals surface area contributed by atoms with Gasteiger partial charge in [-0.05, 0) is 125 Å². The van der Waals surface area contributed by atoms with E-state index in [1.807, 2.05) is 6.92 Å². The Kier molecular flexibility index (Phi) is 10.5. The van der Waals surface area contributed by atoms with Gasteiger partial charge < -0.3 is 18.9 Å². The van der Waals surface area contributed by atoms with Crippen molar-refractivity contribution in [1.29, 1.82) is 0 Å². The minimum atomic E-state index is -3.17. The molecule has 0 bridgehead atoms. The van der Waals surface area contributed by atoms with Crippen LogP contribution in [-0.2, 0) is 28.5 Å². The van der Waals surface area contributed by atoms with Crippen molar-refractivity contribution in [3.8, 4) is 0 Å². The zero-order valence-corrected chi connectivity index (χ0v) is 27.7. The molecule has 250 valence electrons. The lowest BCUT2D eigenvalue weighted by atomic mass is 9.47. The standard InChI is InChI=1S/C36H56F2O6/c1-6-41-32(39)27(33(40)42-7-2)22-36(37,38)21-23(3)28-13-14-29-26-12-11-24-20-25(44-31-10-8-9-19-43-31)15-17-34(24,4)30(26)16-18-35(28,29)5/h11,23,25-31H,6-10,12-22H2,1-5H3/t23-,25+,26+,28-,29+,30+,31?,34+,35-/m1/s1. The summed E-state index contributed by atoms with van der Waals surface area (Å²) >= 11 is 0. The Balaban J connectivity index is 1.23. The molecule has 8 heteroatoms. The van der Waals surface area contributed by atoms with Gasteiger partial charge in [0.15, 0.2) is 12.2 Å². The zero-order valence-electron chi connectivity index (χ0n) is 27.7. The van der Waals surface area contributed by atoms with Crippen LogP contribution in [0.4, 0.5) is 8.78 Å². The van der Waals surface area contributed by atoms with Crippen LogP contribution in [0.2, 0.25) is 0 Å². The molecule has 4 fully saturated rings. The molecule has 1 saturated heterocycles. The molecule has 0 spiro atoms. The smallest absolute Gasteiger partial charge is 0.320 e. The molecule has 5 rings (SSSR count). The van der Waals surface area contributed by atoms with E-state index in [-0.39, 0.29) is 54.7 Å². The van der Waals surface area contributed by atoms with E-state index in [1.54, 1.807) is 19.4 Å². The Morgan fingerprint density at radius 1 is 0.977 bits per heavy atom. The number of allylic oxidation sites excluding steroid dienone is 1. The maximum atomic E-state index is 15.6. The van der Waals surface area contributed by atoms with Crippen LogP contribution in [0.1, 0.15) is 118 Å². The fourth-order valence-electron chi connectivity index (χ4n) is 10.5. The number of carbonyl (C=O) groups is 2. The van der Waals surface area contributed by atoms with Gasteiger partial charge in [-0.15, -0.1) is 0 Å². The number of ether oxygens (including phenoxy) is 4. The van der Waals surface area contributed by atoms with E-state index >= 15 is 8.78 Å². The normalized spacial score (nSPS) is 37.8. The van der Waals surface area contributed by atoms with Gasteiger partial charge in [0.05, 0.1) is 19.3 Å². The van der Waals surface area contributed by atoms with E-state index in [0.29, 0.717) is 17.8 Å². The summed E-state index contributed by atoms with van der Waals surface area (Å²) in [6.45, 7) is 10.9. The highest BCUT2D eigenvalue weighted by atomic mass is 19.3. The molecule has 3 saturated carbocycles. The number of hydrogen-bond donors (Lipinski definition) is 0. The van der Waals surface area contributed by atoms with E-state index < -0.39 is 30.2 Å². The summed E-state index contributed by atoms with van der Waals surface area (Å²) in [7, 11) is 0. The minimum absolute atomic E-state index is 0.0265. The highest BCUT2D eigenvalue weighted by Gasteiger charge is 2.60. The van der Waals surface area contributed by atoms with Crippen LogP contribution in [-0.4, -0.2) is 50.1 Å². The van der Waals surface area contributed by atoms with Gasteiger partial charge in [-0.1, -0.05) is 32.4 Å². The Morgan fingerprint density at radius 3 is 2.36 bits per heavy atom. The van der Waals surface area contributed by atoms with Gasteiger partial charge in [0.25, 0.3) is 0 Å². The molecule has 0 radical (unpaired) electrons. The summed E-state index contributed by atoms with van der Waals surface area (Å²) in [6, 6.07) is 0. The average molecular weight is 623 g/mol. The molecule has 1 unspecified atom stereocenters. The third kappa shape index (κ3) is 6.77. The number of fused-ring (bicyclic) bond motifs is 5. The molecule has 0 aromatic carbocycles. The van der Waals surface area contributed by atoms with Crippen molar-refractivity contribution in [2.45, 2.75) is 136 Å². The first-order valence-corrected chi connectivity index (χ1v) is 17.6. The van der Waals surface area contributed by atoms with Crippen LogP contribution in [0.3, 0.4) is 0 Å². The van der Waals surface area contributed by atoms with Crippen molar-refractivity contribution < 1.29 is 37.3 Å². The van der Waals surface area contributed by atoms with Crippen molar-refractivity contribution in [3.63, 3.8) is 0 Å². The highest BCUT2D eigenvalue weighted by Crippen LogP contribution is 2.67. The van der Waals surface area contributed by atoms with Gasteiger partial charge in [-0.3, -0.25) is 9.59 Å². The maximum absolute atomic E-state index is 15.6. The predicted octanol–water partition coefficient (Wildman–Crippen LogP) is 8.27. The second-order valence-corrected chi connectivity index (χ2v) is 15.1. The molecule has 9 atom stereocenters. The molecule has 0 amide bonds. The number of hydrogen-bond acceptors (Lipinski definition) is 6. The van der Waals surface area contributed by atoms with Crippen LogP contribution in [0.15, 0.2) is 11.6 Å². The lowest BCUT2D eigenvalue weighted by Gasteiger charge is -2.58. The summed E-state index contributed by atoms with van der Waals surface area (Å²) in [6.07, 6.45) is 13.4. The fraction of sp³-hybridized carbons (Fsp3) is 0.889. The van der Waals surface area contributed by atoms with Crippen molar-refractivity contribution in [2.75, 3.05) is 19.8 Å². The van der Waals surface area contributed by atoms with E-state index in [4.69, 9.17) is 18.9 Å². The first-order valence-electron chi connectivity index (χ1n) is 17.6. The van der Waals surface area contributed by atoms with Crippen molar-refractivity contribution in [3.05, 3.63) is 11.6 Å². The lowest BCUT2D eigenvalue weighted by Crippen LogP contribution is -2.51. The van der Waals surface area contributed by atoms with E-state index in [0.717, 1.165) is 70.8 Å². The highest BCUT2D eigenvalue weighted by molar-refractivity contribution is 5.95. The Bertz CT molecular complexity index is 1040. The molecule has 6 nitrogen and oxygen atoms in total. The largest absolute Gasteiger partial charge is 0.465 e. The first kappa shape index (κ1) is 33.8. The molecular weight excluding hydrogens is 566 g/mol. The molecule has 0 aromatic heterocycles. The quantitative estimate of drug-likeness (QED) is 0.131. The number of rotatable bonds is 11. The number of alkyl halides is 2. The van der Waals surface area contributed by atoms with E-state index in [2.05, 4.69) is 19.9 Å².